The highest BCUT2D eigenvalue weighted by atomic mass is 16.5. The summed E-state index contributed by atoms with van der Waals surface area (Å²) in [5.74, 6) is 6.50. The van der Waals surface area contributed by atoms with Crippen LogP contribution in [-0.2, 0) is 6.54 Å². The molecular weight excluding hydrogens is 266 g/mol. The summed E-state index contributed by atoms with van der Waals surface area (Å²) in [6.45, 7) is 1.44. The van der Waals surface area contributed by atoms with Crippen LogP contribution in [0.4, 0.5) is 0 Å². The molecule has 1 aliphatic carbocycles. The van der Waals surface area contributed by atoms with Gasteiger partial charge in [-0.15, -0.1) is 0 Å². The molecule has 0 bridgehead atoms. The number of benzene rings is 1. The molecule has 0 aromatic heterocycles. The molecule has 0 atom stereocenters. The van der Waals surface area contributed by atoms with Crippen molar-refractivity contribution in [3.63, 3.8) is 0 Å². The van der Waals surface area contributed by atoms with Crippen LogP contribution in [0.25, 0.3) is 0 Å². The van der Waals surface area contributed by atoms with E-state index in [0.29, 0.717) is 12.6 Å². The van der Waals surface area contributed by atoms with Gasteiger partial charge in [0.2, 0.25) is 0 Å². The molecule has 114 valence electrons. The van der Waals surface area contributed by atoms with Gasteiger partial charge in [-0.2, -0.15) is 0 Å². The maximum atomic E-state index is 9.27. The van der Waals surface area contributed by atoms with E-state index in [4.69, 9.17) is 9.84 Å². The molecule has 1 fully saturated rings. The van der Waals surface area contributed by atoms with Gasteiger partial charge in [0.15, 0.2) is 0 Å². The normalized spacial score (nSPS) is 14.5. The Labute approximate surface area is 126 Å². The molecule has 0 radical (unpaired) electrons. The van der Waals surface area contributed by atoms with E-state index in [0.717, 1.165) is 23.4 Å². The van der Waals surface area contributed by atoms with Crippen molar-refractivity contribution < 1.29 is 14.9 Å². The van der Waals surface area contributed by atoms with E-state index in [1.807, 2.05) is 18.2 Å². The summed E-state index contributed by atoms with van der Waals surface area (Å²) in [6, 6.07) is 6.35. The van der Waals surface area contributed by atoms with E-state index in [1.165, 1.54) is 19.3 Å². The van der Waals surface area contributed by atoms with E-state index in [1.54, 1.807) is 7.11 Å². The van der Waals surface area contributed by atoms with Crippen molar-refractivity contribution in [3.05, 3.63) is 29.3 Å². The molecular formula is C17H23NO3. The van der Waals surface area contributed by atoms with Crippen LogP contribution >= 0.6 is 0 Å². The van der Waals surface area contributed by atoms with Crippen LogP contribution in [-0.4, -0.2) is 48.0 Å². The number of methoxy groups -OCH3 is 1. The van der Waals surface area contributed by atoms with Gasteiger partial charge in [-0.1, -0.05) is 18.3 Å². The maximum absolute atomic E-state index is 9.27. The van der Waals surface area contributed by atoms with E-state index >= 15 is 0 Å². The molecule has 0 spiro atoms. The standard InChI is InChI=1S/C17H23NO3/c1-21-17-8-7-14(4-3-10-19)15(12-17)13-18(9-11-20)16-5-2-6-16/h7-8,12,16,19-20H,2,5-6,9-11,13H2,1H3. The fraction of sp³-hybridized carbons (Fsp3) is 0.529. The van der Waals surface area contributed by atoms with Gasteiger partial charge in [-0.3, -0.25) is 4.90 Å². The second-order valence-electron chi connectivity index (χ2n) is 5.26. The second kappa shape index (κ2) is 8.04. The van der Waals surface area contributed by atoms with Crippen LogP contribution in [0.3, 0.4) is 0 Å². The number of aliphatic hydroxyl groups is 2. The van der Waals surface area contributed by atoms with Crippen LogP contribution < -0.4 is 4.74 Å². The molecule has 0 saturated heterocycles. The van der Waals surface area contributed by atoms with Crippen LogP contribution in [0.1, 0.15) is 30.4 Å². The zero-order chi connectivity index (χ0) is 15.1. The molecule has 1 aliphatic rings. The summed E-state index contributed by atoms with van der Waals surface area (Å²) in [7, 11) is 1.65. The Balaban J connectivity index is 2.21. The molecule has 4 nitrogen and oxygen atoms in total. The van der Waals surface area contributed by atoms with Crippen molar-refractivity contribution in [3.8, 4) is 17.6 Å². The Kier molecular flexibility index (Phi) is 6.06. The topological polar surface area (TPSA) is 52.9 Å². The molecule has 0 aliphatic heterocycles. The maximum Gasteiger partial charge on any atom is 0.119 e. The molecule has 0 unspecified atom stereocenters. The summed E-state index contributed by atoms with van der Waals surface area (Å²) < 4.78 is 5.29. The first-order valence-corrected chi connectivity index (χ1v) is 7.40. The third kappa shape index (κ3) is 4.21. The first-order chi connectivity index (χ1) is 10.3. The number of ether oxygens (including phenoxy) is 1. The van der Waals surface area contributed by atoms with Crippen molar-refractivity contribution >= 4 is 0 Å². The summed E-state index contributed by atoms with van der Waals surface area (Å²) in [5, 5.41) is 18.1. The lowest BCUT2D eigenvalue weighted by Gasteiger charge is -2.37. The summed E-state index contributed by atoms with van der Waals surface area (Å²) >= 11 is 0. The SMILES string of the molecule is COc1ccc(C#CCO)c(CN(CCO)C2CCC2)c1. The third-order valence-corrected chi connectivity index (χ3v) is 3.97. The lowest BCUT2D eigenvalue weighted by molar-refractivity contribution is 0.0944. The highest BCUT2D eigenvalue weighted by molar-refractivity contribution is 5.45. The molecule has 21 heavy (non-hydrogen) atoms. The van der Waals surface area contributed by atoms with E-state index in [2.05, 4.69) is 16.7 Å². The average molecular weight is 289 g/mol. The van der Waals surface area contributed by atoms with Crippen molar-refractivity contribution in [2.45, 2.75) is 31.8 Å². The number of hydrogen-bond donors (Lipinski definition) is 2. The first kappa shape index (κ1) is 15.8. The predicted octanol–water partition coefficient (Wildman–Crippen LogP) is 1.39. The van der Waals surface area contributed by atoms with Crippen LogP contribution in [0, 0.1) is 11.8 Å². The lowest BCUT2D eigenvalue weighted by Crippen LogP contribution is -2.41. The number of nitrogens with zero attached hydrogens (tertiary/aromatic N) is 1. The zero-order valence-corrected chi connectivity index (χ0v) is 12.5. The van der Waals surface area contributed by atoms with Gasteiger partial charge in [0.1, 0.15) is 12.4 Å². The van der Waals surface area contributed by atoms with Crippen LogP contribution in [0.15, 0.2) is 18.2 Å². The van der Waals surface area contributed by atoms with Gasteiger partial charge in [-0.05, 0) is 36.6 Å². The Morgan fingerprint density at radius 3 is 2.71 bits per heavy atom. The minimum Gasteiger partial charge on any atom is -0.497 e. The highest BCUT2D eigenvalue weighted by Crippen LogP contribution is 2.27. The first-order valence-electron chi connectivity index (χ1n) is 7.40. The minimum absolute atomic E-state index is 0.144. The molecule has 1 saturated carbocycles. The van der Waals surface area contributed by atoms with Crippen molar-refractivity contribution in [2.75, 3.05) is 26.9 Å². The Morgan fingerprint density at radius 1 is 1.33 bits per heavy atom. The minimum atomic E-state index is -0.144. The monoisotopic (exact) mass is 289 g/mol. The van der Waals surface area contributed by atoms with Crippen LogP contribution in [0.5, 0.6) is 5.75 Å². The Morgan fingerprint density at radius 2 is 2.14 bits per heavy atom. The molecule has 4 heteroatoms. The van der Waals surface area contributed by atoms with Crippen molar-refractivity contribution in [1.29, 1.82) is 0 Å². The second-order valence-corrected chi connectivity index (χ2v) is 5.26. The van der Waals surface area contributed by atoms with Gasteiger partial charge in [0.25, 0.3) is 0 Å². The molecule has 2 rings (SSSR count). The number of aliphatic hydroxyl groups excluding tert-OH is 2. The smallest absolute Gasteiger partial charge is 0.119 e. The fourth-order valence-electron chi connectivity index (χ4n) is 2.57. The summed E-state index contributed by atoms with van der Waals surface area (Å²) in [4.78, 5) is 2.31. The highest BCUT2D eigenvalue weighted by Gasteiger charge is 2.25. The predicted molar refractivity (Wildman–Crippen MR) is 82.1 cm³/mol. The zero-order valence-electron chi connectivity index (χ0n) is 12.5. The van der Waals surface area contributed by atoms with Gasteiger partial charge >= 0.3 is 0 Å². The molecule has 0 heterocycles. The van der Waals surface area contributed by atoms with Crippen molar-refractivity contribution in [1.82, 2.24) is 4.90 Å². The van der Waals surface area contributed by atoms with Gasteiger partial charge < -0.3 is 14.9 Å². The number of hydrogen-bond acceptors (Lipinski definition) is 4. The molecule has 0 amide bonds. The van der Waals surface area contributed by atoms with Gasteiger partial charge in [0, 0.05) is 24.7 Å². The van der Waals surface area contributed by atoms with Crippen LogP contribution in [0.2, 0.25) is 0 Å². The number of rotatable bonds is 6. The fourth-order valence-corrected chi connectivity index (χ4v) is 2.57. The van der Waals surface area contributed by atoms with Gasteiger partial charge in [-0.25, -0.2) is 0 Å². The van der Waals surface area contributed by atoms with E-state index in [-0.39, 0.29) is 13.2 Å². The lowest BCUT2D eigenvalue weighted by atomic mass is 9.91. The Bertz CT molecular complexity index is 515. The quantitative estimate of drug-likeness (QED) is 0.777. The molecule has 1 aromatic rings. The largest absolute Gasteiger partial charge is 0.497 e. The van der Waals surface area contributed by atoms with Gasteiger partial charge in [0.05, 0.1) is 13.7 Å². The average Bonchev–Trinajstić information content (AvgIpc) is 2.44. The van der Waals surface area contributed by atoms with E-state index < -0.39 is 0 Å². The third-order valence-electron chi connectivity index (χ3n) is 3.97. The molecule has 1 aromatic carbocycles. The Hall–Kier alpha value is -1.54. The summed E-state index contributed by atoms with van der Waals surface area (Å²) in [6.07, 6.45) is 3.66. The van der Waals surface area contributed by atoms with E-state index in [9.17, 15) is 5.11 Å². The molecule has 2 N–H and O–H groups in total. The van der Waals surface area contributed by atoms with Crippen molar-refractivity contribution in [2.24, 2.45) is 0 Å². The summed E-state index contributed by atoms with van der Waals surface area (Å²) in [5.41, 5.74) is 1.99.